The van der Waals surface area contributed by atoms with Gasteiger partial charge in [-0.2, -0.15) is 0 Å². The number of carbonyl (C=O) groups excluding carboxylic acids is 1. The van der Waals surface area contributed by atoms with Crippen molar-refractivity contribution >= 4 is 22.9 Å². The van der Waals surface area contributed by atoms with E-state index in [0.717, 1.165) is 48.7 Å². The molecule has 3 fully saturated rings. The maximum Gasteiger partial charge on any atom is 0.253 e. The van der Waals surface area contributed by atoms with E-state index < -0.39 is 6.10 Å². The van der Waals surface area contributed by atoms with Crippen LogP contribution in [0.4, 0.5) is 5.82 Å². The minimum Gasteiger partial charge on any atom is -0.365 e. The number of pyridine rings is 1. The van der Waals surface area contributed by atoms with Crippen molar-refractivity contribution in [2.75, 3.05) is 37.7 Å². The number of hydrogen-bond acceptors (Lipinski definition) is 7. The van der Waals surface area contributed by atoms with Crippen LogP contribution in [0.25, 0.3) is 22.7 Å². The van der Waals surface area contributed by atoms with Crippen LogP contribution in [0.2, 0.25) is 0 Å². The maximum absolute atomic E-state index is 12.8. The predicted molar refractivity (Wildman–Crippen MR) is 115 cm³/mol. The molecule has 1 N–H and O–H groups in total. The van der Waals surface area contributed by atoms with Crippen molar-refractivity contribution in [2.24, 2.45) is 0 Å². The highest BCUT2D eigenvalue weighted by Crippen LogP contribution is 2.39. The monoisotopic (exact) mass is 419 g/mol. The second-order valence-electron chi connectivity index (χ2n) is 8.57. The number of likely N-dealkylation sites (tertiary alicyclic amines) is 1. The van der Waals surface area contributed by atoms with Gasteiger partial charge in [-0.05, 0) is 37.8 Å². The van der Waals surface area contributed by atoms with E-state index in [2.05, 4.69) is 19.9 Å². The fourth-order valence-electron chi connectivity index (χ4n) is 4.40. The van der Waals surface area contributed by atoms with Crippen LogP contribution >= 0.6 is 0 Å². The molecule has 9 nitrogen and oxygen atoms in total. The number of carbonyl (C=O) groups is 1. The number of ether oxygens (including phenoxy) is 1. The van der Waals surface area contributed by atoms with Crippen LogP contribution in [0.15, 0.2) is 24.5 Å². The van der Waals surface area contributed by atoms with Crippen LogP contribution in [0.3, 0.4) is 0 Å². The Hall–Kier alpha value is -3.07. The summed E-state index contributed by atoms with van der Waals surface area (Å²) in [5.74, 6) is 2.13. The first-order valence-electron chi connectivity index (χ1n) is 11.1. The summed E-state index contributed by atoms with van der Waals surface area (Å²) in [7, 11) is 0. The number of H-pyrrole nitrogens is 1. The Labute approximate surface area is 179 Å². The molecule has 1 saturated carbocycles. The van der Waals surface area contributed by atoms with Gasteiger partial charge < -0.3 is 19.5 Å². The zero-order valence-corrected chi connectivity index (χ0v) is 17.3. The molecule has 6 rings (SSSR count). The lowest BCUT2D eigenvalue weighted by Gasteiger charge is -2.34. The molecule has 160 valence electrons. The van der Waals surface area contributed by atoms with Gasteiger partial charge in [-0.15, -0.1) is 0 Å². The molecule has 31 heavy (non-hydrogen) atoms. The first-order valence-corrected chi connectivity index (χ1v) is 11.1. The van der Waals surface area contributed by atoms with Gasteiger partial charge in [0.15, 0.2) is 17.6 Å². The molecule has 0 radical (unpaired) electrons. The number of fused-ring (bicyclic) bond motifs is 1. The summed E-state index contributed by atoms with van der Waals surface area (Å²) < 4.78 is 5.79. The first kappa shape index (κ1) is 18.7. The third kappa shape index (κ3) is 3.63. The van der Waals surface area contributed by atoms with Crippen molar-refractivity contribution < 1.29 is 9.53 Å². The molecule has 0 aromatic carbocycles. The minimum absolute atomic E-state index is 0.0967. The summed E-state index contributed by atoms with van der Waals surface area (Å²) in [6.45, 7) is 3.40. The van der Waals surface area contributed by atoms with Gasteiger partial charge in [-0.3, -0.25) is 9.78 Å². The molecule has 9 heteroatoms. The SMILES string of the molecule is O=C(C1CN(c2ccc3[nH]c(-c4cncc(C5CC5)n4)nc3n2)CCO1)N1CCCC1. The second kappa shape index (κ2) is 7.56. The van der Waals surface area contributed by atoms with E-state index >= 15 is 0 Å². The van der Waals surface area contributed by atoms with E-state index in [9.17, 15) is 4.79 Å². The fourth-order valence-corrected chi connectivity index (χ4v) is 4.40. The summed E-state index contributed by atoms with van der Waals surface area (Å²) in [6.07, 6.45) is 7.68. The predicted octanol–water partition coefficient (Wildman–Crippen LogP) is 2.12. The van der Waals surface area contributed by atoms with Crippen molar-refractivity contribution in [3.8, 4) is 11.5 Å². The Morgan fingerprint density at radius 3 is 2.77 bits per heavy atom. The normalized spacial score (nSPS) is 21.7. The first-order chi connectivity index (χ1) is 15.2. The number of aromatic amines is 1. The smallest absolute Gasteiger partial charge is 0.253 e. The maximum atomic E-state index is 12.8. The Morgan fingerprint density at radius 1 is 1.06 bits per heavy atom. The molecule has 1 aliphatic carbocycles. The number of anilines is 1. The fraction of sp³-hybridized carbons (Fsp3) is 0.500. The third-order valence-electron chi connectivity index (χ3n) is 6.31. The summed E-state index contributed by atoms with van der Waals surface area (Å²) >= 11 is 0. The molecular weight excluding hydrogens is 394 g/mol. The van der Waals surface area contributed by atoms with E-state index in [1.165, 1.54) is 12.8 Å². The molecular formula is C22H25N7O2. The number of rotatable bonds is 4. The van der Waals surface area contributed by atoms with Crippen molar-refractivity contribution in [3.63, 3.8) is 0 Å². The second-order valence-corrected chi connectivity index (χ2v) is 8.57. The molecule has 3 aromatic heterocycles. The molecule has 0 spiro atoms. The van der Waals surface area contributed by atoms with Gasteiger partial charge in [0.25, 0.3) is 5.91 Å². The number of amides is 1. The molecule has 1 amide bonds. The van der Waals surface area contributed by atoms with Crippen molar-refractivity contribution in [2.45, 2.75) is 37.7 Å². The van der Waals surface area contributed by atoms with Crippen LogP contribution in [-0.2, 0) is 9.53 Å². The van der Waals surface area contributed by atoms with E-state index in [-0.39, 0.29) is 5.91 Å². The Balaban J connectivity index is 1.23. The van der Waals surface area contributed by atoms with E-state index in [1.54, 1.807) is 6.20 Å². The van der Waals surface area contributed by atoms with Gasteiger partial charge in [0.05, 0.1) is 30.6 Å². The average Bonchev–Trinajstić information content (AvgIpc) is 3.35. The molecule has 2 aliphatic heterocycles. The molecule has 5 heterocycles. The number of aromatic nitrogens is 5. The zero-order valence-electron chi connectivity index (χ0n) is 17.3. The highest BCUT2D eigenvalue weighted by Gasteiger charge is 2.32. The van der Waals surface area contributed by atoms with E-state index in [1.807, 2.05) is 23.2 Å². The van der Waals surface area contributed by atoms with Crippen LogP contribution in [0.5, 0.6) is 0 Å². The lowest BCUT2D eigenvalue weighted by atomic mass is 10.2. The summed E-state index contributed by atoms with van der Waals surface area (Å²) in [4.78, 5) is 38.6. The quantitative estimate of drug-likeness (QED) is 0.691. The van der Waals surface area contributed by atoms with Gasteiger partial charge in [-0.1, -0.05) is 0 Å². The van der Waals surface area contributed by atoms with Crippen LogP contribution in [0, 0.1) is 0 Å². The molecule has 3 aromatic rings. The molecule has 3 aliphatic rings. The summed E-state index contributed by atoms with van der Waals surface area (Å²) in [5.41, 5.74) is 3.27. The van der Waals surface area contributed by atoms with Gasteiger partial charge in [0.1, 0.15) is 11.5 Å². The highest BCUT2D eigenvalue weighted by atomic mass is 16.5. The zero-order chi connectivity index (χ0) is 20.8. The van der Waals surface area contributed by atoms with Crippen LogP contribution in [0.1, 0.15) is 37.3 Å². The largest absolute Gasteiger partial charge is 0.365 e. The average molecular weight is 419 g/mol. The van der Waals surface area contributed by atoms with E-state index in [0.29, 0.717) is 37.1 Å². The summed E-state index contributed by atoms with van der Waals surface area (Å²) in [6, 6.07) is 3.96. The number of morpholine rings is 1. The van der Waals surface area contributed by atoms with Gasteiger partial charge >= 0.3 is 0 Å². The Bertz CT molecular complexity index is 1120. The Kier molecular flexibility index (Phi) is 4.56. The molecule has 1 unspecified atom stereocenters. The minimum atomic E-state index is -0.431. The van der Waals surface area contributed by atoms with Crippen molar-refractivity contribution in [1.29, 1.82) is 0 Å². The standard InChI is InChI=1S/C22H25N7O2/c30-22(28-7-1-2-8-28)18-13-29(9-10-31-18)19-6-5-15-20(26-19)27-21(25-15)17-12-23-11-16(24-17)14-3-4-14/h5-6,11-12,14,18H,1-4,7-10,13H2,(H,25,26,27). The van der Waals surface area contributed by atoms with E-state index in [4.69, 9.17) is 14.7 Å². The molecule has 0 bridgehead atoms. The third-order valence-corrected chi connectivity index (χ3v) is 6.31. The highest BCUT2D eigenvalue weighted by molar-refractivity contribution is 5.82. The molecule has 2 saturated heterocycles. The lowest BCUT2D eigenvalue weighted by Crippen LogP contribution is -2.50. The van der Waals surface area contributed by atoms with Gasteiger partial charge in [-0.25, -0.2) is 15.0 Å². The topological polar surface area (TPSA) is 100 Å². The number of imidazole rings is 1. The Morgan fingerprint density at radius 2 is 1.94 bits per heavy atom. The van der Waals surface area contributed by atoms with Gasteiger partial charge in [0.2, 0.25) is 0 Å². The summed E-state index contributed by atoms with van der Waals surface area (Å²) in [5, 5.41) is 0. The van der Waals surface area contributed by atoms with Crippen molar-refractivity contribution in [3.05, 3.63) is 30.2 Å². The number of nitrogens with one attached hydrogen (secondary N) is 1. The lowest BCUT2D eigenvalue weighted by molar-refractivity contribution is -0.143. The number of hydrogen-bond donors (Lipinski definition) is 1. The van der Waals surface area contributed by atoms with Gasteiger partial charge in [0, 0.05) is 31.7 Å². The van der Waals surface area contributed by atoms with Crippen LogP contribution in [-0.4, -0.2) is 74.6 Å². The van der Waals surface area contributed by atoms with Crippen LogP contribution < -0.4 is 4.90 Å². The van der Waals surface area contributed by atoms with Crippen molar-refractivity contribution in [1.82, 2.24) is 29.8 Å². The number of nitrogens with zero attached hydrogens (tertiary/aromatic N) is 6. The molecule has 1 atom stereocenters.